The van der Waals surface area contributed by atoms with Gasteiger partial charge in [-0.2, -0.15) is 0 Å². The zero-order valence-electron chi connectivity index (χ0n) is 47.5. The number of aromatic amines is 1. The Morgan fingerprint density at radius 2 is 1.38 bits per heavy atom. The van der Waals surface area contributed by atoms with E-state index < -0.39 is 138 Å². The van der Waals surface area contributed by atoms with Crippen molar-refractivity contribution >= 4 is 64.9 Å². The zero-order valence-corrected chi connectivity index (χ0v) is 47.5. The molecule has 24 heteroatoms. The predicted octanol–water partition coefficient (Wildman–Crippen LogP) is 0.594. The van der Waals surface area contributed by atoms with Gasteiger partial charge in [0, 0.05) is 55.7 Å². The summed E-state index contributed by atoms with van der Waals surface area (Å²) in [5, 5.41) is 34.8. The van der Waals surface area contributed by atoms with Gasteiger partial charge in [-0.25, -0.2) is 4.98 Å². The van der Waals surface area contributed by atoms with E-state index in [1.807, 2.05) is 51.1 Å². The number of Topliss-reactive ketones (excluding diaryl/α,β-unsaturated/α-hetero) is 1. The second kappa shape index (κ2) is 29.5. The number of hydrogen-bond acceptors (Lipinski definition) is 13. The Morgan fingerprint density at radius 3 is 2.01 bits per heavy atom. The molecule has 2 saturated carbocycles. The van der Waals surface area contributed by atoms with Gasteiger partial charge in [-0.3, -0.25) is 52.7 Å². The Bertz CT molecular complexity index is 2550. The van der Waals surface area contributed by atoms with Crippen molar-refractivity contribution in [2.45, 2.75) is 192 Å². The number of aliphatic carboxylic acids is 1. The SMILES string of the molecule is CC[C@@H]1NC(=O)[C@H](CCC(=O)O)NC(=O)CNC(=O)[C@H](C(C)C)NC(=O)[C@H](Cc2cnc[nH]2)NC(=O)[C@H](C2CC2)NC(=O)[C@H]2CCCN2C(=O)[C@@H](NC(C)(C)C)CCCNC(=O)[C@H](CCc2ccccc2)NC(=O)[C@H](C2CC2)CC1=O. The Balaban J connectivity index is 1.28. The standard InChI is InChI=1S/C57H84N12O12/c1-7-38-44(70)28-37(34-18-19-34)49(74)64-39(22-17-33-13-9-8-10-14-33)50(75)59-25-11-15-41(68-57(4,5)6)56(81)69-26-12-16-43(69)53(78)67-48(35-20-21-35)55(80)65-42(27-36-29-58-31-61-36)52(77)66-47(32(2)3)54(79)60-30-45(71)62-40(51(76)63-38)23-24-46(72)73/h8-10,13-14,29,31-32,34-35,37-43,47-48,68H,7,11-12,15-28,30H2,1-6H3,(H,58,61)(H,59,75)(H,60,79)(H,62,71)(H,63,76)(H,64,74)(H,65,80)(H,66,77)(H,67,78)(H,72,73)/t37-,38-,39-,40-,41-,42-,43+,47-,48-/m0/s1. The number of carboxylic acid groups (broad SMARTS) is 1. The number of carbonyl (C=O) groups is 11. The van der Waals surface area contributed by atoms with Crippen molar-refractivity contribution < 1.29 is 57.8 Å². The molecular weight excluding hydrogens is 1040 g/mol. The summed E-state index contributed by atoms with van der Waals surface area (Å²) >= 11 is 0. The van der Waals surface area contributed by atoms with Crippen LogP contribution in [0.4, 0.5) is 0 Å². The van der Waals surface area contributed by atoms with E-state index in [9.17, 15) is 57.8 Å². The molecule has 9 atom stereocenters. The molecule has 24 nitrogen and oxygen atoms in total. The number of nitrogens with zero attached hydrogens (tertiary/aromatic N) is 2. The number of fused-ring (bicyclic) bond motifs is 1. The van der Waals surface area contributed by atoms with Crippen LogP contribution in [0, 0.1) is 23.7 Å². The molecular formula is C57H84N12O12. The van der Waals surface area contributed by atoms with Crippen molar-refractivity contribution in [1.82, 2.24) is 62.7 Å². The number of imidazole rings is 1. The van der Waals surface area contributed by atoms with E-state index >= 15 is 0 Å². The minimum atomic E-state index is -1.47. The van der Waals surface area contributed by atoms with Crippen LogP contribution in [0.2, 0.25) is 0 Å². The van der Waals surface area contributed by atoms with Gasteiger partial charge in [0.2, 0.25) is 53.2 Å². The lowest BCUT2D eigenvalue weighted by atomic mass is 9.91. The highest BCUT2D eigenvalue weighted by molar-refractivity contribution is 5.98. The fraction of sp³-hybridized carbons (Fsp3) is 0.649. The normalized spacial score (nSPS) is 27.4. The topological polar surface area (TPSA) is 348 Å². The maximum absolute atomic E-state index is 14.6. The van der Waals surface area contributed by atoms with Crippen LogP contribution >= 0.6 is 0 Å². The second-order valence-corrected chi connectivity index (χ2v) is 23.4. The lowest BCUT2D eigenvalue weighted by molar-refractivity contribution is -0.141. The molecule has 4 aliphatic rings. The number of ketones is 1. The third kappa shape index (κ3) is 19.5. The van der Waals surface area contributed by atoms with Gasteiger partial charge in [0.1, 0.15) is 36.3 Å². The molecule has 4 fully saturated rings. The molecule has 1 aromatic carbocycles. The van der Waals surface area contributed by atoms with Crippen molar-refractivity contribution in [2.75, 3.05) is 19.6 Å². The van der Waals surface area contributed by atoms with Crippen molar-refractivity contribution in [3.8, 4) is 0 Å². The van der Waals surface area contributed by atoms with Gasteiger partial charge < -0.3 is 62.8 Å². The molecule has 2 aliphatic heterocycles. The van der Waals surface area contributed by atoms with Gasteiger partial charge in [-0.1, -0.05) is 51.1 Å². The number of carboxylic acids is 1. The van der Waals surface area contributed by atoms with Crippen LogP contribution in [-0.2, 0) is 65.6 Å². The third-order valence-corrected chi connectivity index (χ3v) is 15.2. The highest BCUT2D eigenvalue weighted by Crippen LogP contribution is 2.39. The summed E-state index contributed by atoms with van der Waals surface area (Å²) in [5.41, 5.74) is 0.863. The first-order valence-electron chi connectivity index (χ1n) is 28.7. The maximum atomic E-state index is 14.6. The molecule has 0 unspecified atom stereocenters. The minimum Gasteiger partial charge on any atom is -0.481 e. The van der Waals surface area contributed by atoms with E-state index in [4.69, 9.17) is 0 Å². The van der Waals surface area contributed by atoms with E-state index in [0.29, 0.717) is 57.1 Å². The van der Waals surface area contributed by atoms with Crippen molar-refractivity contribution in [1.29, 1.82) is 0 Å². The van der Waals surface area contributed by atoms with Crippen LogP contribution in [0.5, 0.6) is 0 Å². The predicted molar refractivity (Wildman–Crippen MR) is 296 cm³/mol. The number of amides is 9. The lowest BCUT2D eigenvalue weighted by Gasteiger charge is -2.33. The number of benzene rings is 1. The summed E-state index contributed by atoms with van der Waals surface area (Å²) < 4.78 is 0. The molecule has 2 aliphatic carbocycles. The summed E-state index contributed by atoms with van der Waals surface area (Å²) in [7, 11) is 0. The molecule has 0 spiro atoms. The highest BCUT2D eigenvalue weighted by Gasteiger charge is 2.44. The molecule has 2 aromatic rings. The smallest absolute Gasteiger partial charge is 0.303 e. The Labute approximate surface area is 473 Å². The molecule has 3 heterocycles. The molecule has 444 valence electrons. The number of rotatable bonds is 13. The van der Waals surface area contributed by atoms with Crippen LogP contribution in [0.1, 0.15) is 136 Å². The van der Waals surface area contributed by atoms with Gasteiger partial charge in [0.15, 0.2) is 5.78 Å². The van der Waals surface area contributed by atoms with Gasteiger partial charge in [-0.15, -0.1) is 0 Å². The average Bonchev–Trinajstić information content (AvgIpc) is 4.42. The molecule has 81 heavy (non-hydrogen) atoms. The van der Waals surface area contributed by atoms with E-state index in [2.05, 4.69) is 57.8 Å². The summed E-state index contributed by atoms with van der Waals surface area (Å²) in [5.74, 6) is -9.34. The largest absolute Gasteiger partial charge is 0.481 e. The van der Waals surface area contributed by atoms with Gasteiger partial charge >= 0.3 is 5.97 Å². The number of carbonyl (C=O) groups excluding carboxylic acids is 10. The Kier molecular flexibility index (Phi) is 22.9. The Morgan fingerprint density at radius 1 is 0.716 bits per heavy atom. The number of hydrogen-bond donors (Lipinski definition) is 11. The van der Waals surface area contributed by atoms with E-state index in [0.717, 1.165) is 5.56 Å². The van der Waals surface area contributed by atoms with Crippen LogP contribution in [-0.4, -0.2) is 158 Å². The molecule has 9 amide bonds. The van der Waals surface area contributed by atoms with Crippen molar-refractivity contribution in [2.24, 2.45) is 23.7 Å². The van der Waals surface area contributed by atoms with Crippen molar-refractivity contribution in [3.05, 3.63) is 54.1 Å². The molecule has 2 saturated heterocycles. The summed E-state index contributed by atoms with van der Waals surface area (Å²) in [6.45, 7) is 10.4. The second-order valence-electron chi connectivity index (χ2n) is 23.4. The van der Waals surface area contributed by atoms with E-state index in [1.54, 1.807) is 20.8 Å². The maximum Gasteiger partial charge on any atom is 0.303 e. The van der Waals surface area contributed by atoms with Crippen LogP contribution < -0.4 is 47.9 Å². The fourth-order valence-electron chi connectivity index (χ4n) is 10.5. The van der Waals surface area contributed by atoms with Gasteiger partial charge in [0.05, 0.1) is 25.0 Å². The van der Waals surface area contributed by atoms with Gasteiger partial charge in [-0.05, 0) is 121 Å². The summed E-state index contributed by atoms with van der Waals surface area (Å²) in [4.78, 5) is 161. The fourth-order valence-corrected chi connectivity index (χ4v) is 10.5. The molecule has 1 aromatic heterocycles. The first-order valence-corrected chi connectivity index (χ1v) is 28.7. The molecule has 0 bridgehead atoms. The monoisotopic (exact) mass is 1130 g/mol. The molecule has 11 N–H and O–H groups in total. The van der Waals surface area contributed by atoms with Gasteiger partial charge in [0.25, 0.3) is 0 Å². The minimum absolute atomic E-state index is 0.0858. The Hall–Kier alpha value is -7.24. The summed E-state index contributed by atoms with van der Waals surface area (Å²) in [6, 6.07) is 0.520. The van der Waals surface area contributed by atoms with E-state index in [1.165, 1.54) is 17.4 Å². The van der Waals surface area contributed by atoms with Crippen molar-refractivity contribution in [3.63, 3.8) is 0 Å². The number of H-pyrrole nitrogens is 1. The number of nitrogens with one attached hydrogen (secondary N) is 10. The lowest BCUT2D eigenvalue weighted by Crippen LogP contribution is -2.60. The average molecular weight is 1130 g/mol. The van der Waals surface area contributed by atoms with Crippen LogP contribution in [0.25, 0.3) is 0 Å². The highest BCUT2D eigenvalue weighted by atomic mass is 16.4. The quantitative estimate of drug-likeness (QED) is 0.131. The summed E-state index contributed by atoms with van der Waals surface area (Å²) in [6.07, 6.45) is 6.34. The van der Waals surface area contributed by atoms with Crippen LogP contribution in [0.15, 0.2) is 42.9 Å². The van der Waals surface area contributed by atoms with Crippen LogP contribution in [0.3, 0.4) is 0 Å². The number of aromatic nitrogens is 2. The molecule has 6 rings (SSSR count). The first-order chi connectivity index (χ1) is 38.5. The zero-order chi connectivity index (χ0) is 59.0. The third-order valence-electron chi connectivity index (χ3n) is 15.2. The molecule has 0 radical (unpaired) electrons. The van der Waals surface area contributed by atoms with E-state index in [-0.39, 0.29) is 69.4 Å². The first kappa shape index (κ1) is 62.9. The number of aryl methyl sites for hydroxylation is 1.